The van der Waals surface area contributed by atoms with Gasteiger partial charge in [0.1, 0.15) is 0 Å². The van der Waals surface area contributed by atoms with Gasteiger partial charge in [-0.1, -0.05) is 0 Å². The Kier molecular flexibility index (Phi) is 3.85. The molecule has 3 rings (SSSR count). The van der Waals surface area contributed by atoms with Crippen LogP contribution in [0.2, 0.25) is 0 Å². The van der Waals surface area contributed by atoms with E-state index < -0.39 is 0 Å². The van der Waals surface area contributed by atoms with Crippen LogP contribution >= 0.6 is 0 Å². The molecule has 0 aromatic heterocycles. The Morgan fingerprint density at radius 2 is 1.89 bits per heavy atom. The van der Waals surface area contributed by atoms with E-state index in [1.54, 1.807) is 0 Å². The van der Waals surface area contributed by atoms with Gasteiger partial charge in [0.25, 0.3) is 0 Å². The standard InChI is InChI=1S/C14H24N2O2/c17-14(13-9-11-8-12(11)10-13)15-2-1-3-16-4-6-18-7-5-16/h11-13H,1-10H2,(H,15,17). The minimum absolute atomic E-state index is 0.309. The van der Waals surface area contributed by atoms with Crippen LogP contribution in [0.4, 0.5) is 0 Å². The SMILES string of the molecule is O=C(NCCCN1CCOCC1)C1CC2CC2C1. The second kappa shape index (κ2) is 5.57. The van der Waals surface area contributed by atoms with Crippen LogP contribution in [0.3, 0.4) is 0 Å². The largest absolute Gasteiger partial charge is 0.379 e. The Labute approximate surface area is 109 Å². The van der Waals surface area contributed by atoms with E-state index in [-0.39, 0.29) is 0 Å². The number of rotatable bonds is 5. The lowest BCUT2D eigenvalue weighted by Crippen LogP contribution is -2.38. The van der Waals surface area contributed by atoms with Gasteiger partial charge in [-0.3, -0.25) is 9.69 Å². The summed E-state index contributed by atoms with van der Waals surface area (Å²) in [6.45, 7) is 5.72. The summed E-state index contributed by atoms with van der Waals surface area (Å²) in [5.41, 5.74) is 0. The number of carbonyl (C=O) groups is 1. The highest BCUT2D eigenvalue weighted by Gasteiger charge is 2.47. The van der Waals surface area contributed by atoms with Crippen molar-refractivity contribution in [1.29, 1.82) is 0 Å². The van der Waals surface area contributed by atoms with Gasteiger partial charge in [-0.25, -0.2) is 0 Å². The Morgan fingerprint density at radius 1 is 1.17 bits per heavy atom. The molecule has 3 aliphatic rings. The minimum Gasteiger partial charge on any atom is -0.379 e. The van der Waals surface area contributed by atoms with E-state index in [1.165, 1.54) is 6.42 Å². The summed E-state index contributed by atoms with van der Waals surface area (Å²) in [7, 11) is 0. The van der Waals surface area contributed by atoms with E-state index in [0.29, 0.717) is 11.8 Å². The zero-order valence-electron chi connectivity index (χ0n) is 11.1. The van der Waals surface area contributed by atoms with E-state index in [4.69, 9.17) is 4.74 Å². The Bertz CT molecular complexity index is 292. The molecule has 1 amide bonds. The van der Waals surface area contributed by atoms with Gasteiger partial charge in [0, 0.05) is 25.6 Å². The highest BCUT2D eigenvalue weighted by molar-refractivity contribution is 5.79. The van der Waals surface area contributed by atoms with Gasteiger partial charge in [-0.15, -0.1) is 0 Å². The smallest absolute Gasteiger partial charge is 0.223 e. The van der Waals surface area contributed by atoms with E-state index in [1.807, 2.05) is 0 Å². The molecule has 1 N–H and O–H groups in total. The summed E-state index contributed by atoms with van der Waals surface area (Å²) in [5, 5.41) is 3.11. The van der Waals surface area contributed by atoms with Gasteiger partial charge < -0.3 is 10.1 Å². The number of nitrogens with one attached hydrogen (secondary N) is 1. The third-order valence-electron chi connectivity index (χ3n) is 4.67. The molecule has 0 aromatic rings. The molecule has 0 radical (unpaired) electrons. The number of nitrogens with zero attached hydrogens (tertiary/aromatic N) is 1. The monoisotopic (exact) mass is 252 g/mol. The third-order valence-corrected chi connectivity index (χ3v) is 4.67. The maximum atomic E-state index is 11.9. The molecule has 0 aromatic carbocycles. The molecule has 0 spiro atoms. The second-order valence-electron chi connectivity index (χ2n) is 6.02. The molecular weight excluding hydrogens is 228 g/mol. The summed E-state index contributed by atoms with van der Waals surface area (Å²) in [6, 6.07) is 0. The van der Waals surface area contributed by atoms with Gasteiger partial charge in [-0.2, -0.15) is 0 Å². The zero-order valence-corrected chi connectivity index (χ0v) is 11.1. The van der Waals surface area contributed by atoms with Gasteiger partial charge >= 0.3 is 0 Å². The van der Waals surface area contributed by atoms with Gasteiger partial charge in [0.05, 0.1) is 13.2 Å². The molecule has 1 saturated heterocycles. The van der Waals surface area contributed by atoms with Crippen LogP contribution in [-0.4, -0.2) is 50.2 Å². The van der Waals surface area contributed by atoms with Crippen molar-refractivity contribution in [2.75, 3.05) is 39.4 Å². The van der Waals surface area contributed by atoms with Crippen LogP contribution in [0, 0.1) is 17.8 Å². The van der Waals surface area contributed by atoms with Crippen molar-refractivity contribution in [1.82, 2.24) is 10.2 Å². The predicted molar refractivity (Wildman–Crippen MR) is 69.2 cm³/mol. The highest BCUT2D eigenvalue weighted by atomic mass is 16.5. The van der Waals surface area contributed by atoms with E-state index in [0.717, 1.165) is 70.5 Å². The number of carbonyl (C=O) groups excluding carboxylic acids is 1. The molecule has 4 nitrogen and oxygen atoms in total. The van der Waals surface area contributed by atoms with Crippen molar-refractivity contribution in [3.05, 3.63) is 0 Å². The van der Waals surface area contributed by atoms with Crippen LogP contribution in [0.1, 0.15) is 25.7 Å². The molecular formula is C14H24N2O2. The lowest BCUT2D eigenvalue weighted by Gasteiger charge is -2.26. The summed E-state index contributed by atoms with van der Waals surface area (Å²) in [4.78, 5) is 14.3. The average molecular weight is 252 g/mol. The minimum atomic E-state index is 0.309. The normalized spacial score (nSPS) is 35.2. The van der Waals surface area contributed by atoms with Crippen LogP contribution in [0.15, 0.2) is 0 Å². The molecule has 2 atom stereocenters. The average Bonchev–Trinajstić information content (AvgIpc) is 3.02. The zero-order chi connectivity index (χ0) is 12.4. The fourth-order valence-corrected chi connectivity index (χ4v) is 3.41. The lowest BCUT2D eigenvalue weighted by molar-refractivity contribution is -0.125. The number of morpholine rings is 1. The number of hydrogen-bond donors (Lipinski definition) is 1. The number of hydrogen-bond acceptors (Lipinski definition) is 3. The highest BCUT2D eigenvalue weighted by Crippen LogP contribution is 2.54. The molecule has 2 unspecified atom stereocenters. The van der Waals surface area contributed by atoms with Crippen LogP contribution < -0.4 is 5.32 Å². The summed E-state index contributed by atoms with van der Waals surface area (Å²) in [5.74, 6) is 2.43. The van der Waals surface area contributed by atoms with Crippen LogP contribution in [0.25, 0.3) is 0 Å². The van der Waals surface area contributed by atoms with Crippen molar-refractivity contribution in [2.45, 2.75) is 25.7 Å². The van der Waals surface area contributed by atoms with Crippen molar-refractivity contribution < 1.29 is 9.53 Å². The van der Waals surface area contributed by atoms with Crippen molar-refractivity contribution >= 4 is 5.91 Å². The molecule has 3 fully saturated rings. The first-order valence-corrected chi connectivity index (χ1v) is 7.41. The van der Waals surface area contributed by atoms with E-state index in [2.05, 4.69) is 10.2 Å². The van der Waals surface area contributed by atoms with Crippen molar-refractivity contribution in [2.24, 2.45) is 17.8 Å². The van der Waals surface area contributed by atoms with Gasteiger partial charge in [-0.05, 0) is 44.1 Å². The lowest BCUT2D eigenvalue weighted by atomic mass is 10.0. The molecule has 2 aliphatic carbocycles. The molecule has 4 heteroatoms. The Morgan fingerprint density at radius 3 is 2.61 bits per heavy atom. The summed E-state index contributed by atoms with van der Waals surface area (Å²) >= 11 is 0. The second-order valence-corrected chi connectivity index (χ2v) is 6.02. The van der Waals surface area contributed by atoms with Crippen molar-refractivity contribution in [3.63, 3.8) is 0 Å². The predicted octanol–water partition coefficient (Wildman–Crippen LogP) is 0.871. The van der Waals surface area contributed by atoms with Gasteiger partial charge in [0.15, 0.2) is 0 Å². The molecule has 1 heterocycles. The molecule has 2 saturated carbocycles. The first-order chi connectivity index (χ1) is 8.83. The maximum Gasteiger partial charge on any atom is 0.223 e. The number of ether oxygens (including phenoxy) is 1. The van der Waals surface area contributed by atoms with E-state index >= 15 is 0 Å². The number of fused-ring (bicyclic) bond motifs is 1. The maximum absolute atomic E-state index is 11.9. The molecule has 102 valence electrons. The topological polar surface area (TPSA) is 41.6 Å². The summed E-state index contributed by atoms with van der Waals surface area (Å²) in [6.07, 6.45) is 4.76. The first-order valence-electron chi connectivity index (χ1n) is 7.41. The van der Waals surface area contributed by atoms with Gasteiger partial charge in [0.2, 0.25) is 5.91 Å². The Hall–Kier alpha value is -0.610. The fourth-order valence-electron chi connectivity index (χ4n) is 3.41. The molecule has 18 heavy (non-hydrogen) atoms. The molecule has 0 bridgehead atoms. The molecule has 1 aliphatic heterocycles. The number of amides is 1. The van der Waals surface area contributed by atoms with Crippen LogP contribution in [-0.2, 0) is 9.53 Å². The third kappa shape index (κ3) is 3.04. The van der Waals surface area contributed by atoms with E-state index in [9.17, 15) is 4.79 Å². The Balaban J connectivity index is 1.26. The van der Waals surface area contributed by atoms with Crippen molar-refractivity contribution in [3.8, 4) is 0 Å². The van der Waals surface area contributed by atoms with Crippen LogP contribution in [0.5, 0.6) is 0 Å². The fraction of sp³-hybridized carbons (Fsp3) is 0.929. The quantitative estimate of drug-likeness (QED) is 0.738. The first kappa shape index (κ1) is 12.4. The summed E-state index contributed by atoms with van der Waals surface area (Å²) < 4.78 is 5.31.